The van der Waals surface area contributed by atoms with Gasteiger partial charge in [-0.3, -0.25) is 0 Å². The molecular weight excluding hydrogens is 449 g/mol. The average Bonchev–Trinajstić information content (AvgIpc) is 3.04. The summed E-state index contributed by atoms with van der Waals surface area (Å²) in [5.41, 5.74) is -0.301. The zero-order valence-electron chi connectivity index (χ0n) is 15.9. The Morgan fingerprint density at radius 3 is 2.23 bits per heavy atom. The normalized spacial score (nSPS) is 12.3. The van der Waals surface area contributed by atoms with Crippen molar-refractivity contribution in [3.05, 3.63) is 53.3 Å². The Balaban J connectivity index is 2.21. The molecule has 0 spiro atoms. The molecule has 0 saturated carbocycles. The molecule has 1 aromatic heterocycles. The summed E-state index contributed by atoms with van der Waals surface area (Å²) in [6, 6.07) is 5.09. The zero-order valence-corrected chi connectivity index (χ0v) is 16.7. The molecular formula is C19H14F5NO5S. The van der Waals surface area contributed by atoms with Crippen LogP contribution in [0.2, 0.25) is 0 Å². The van der Waals surface area contributed by atoms with Gasteiger partial charge >= 0.3 is 6.36 Å². The van der Waals surface area contributed by atoms with E-state index in [4.69, 9.17) is 4.52 Å². The average molecular weight is 463 g/mol. The van der Waals surface area contributed by atoms with Gasteiger partial charge in [-0.15, -0.1) is 13.2 Å². The molecule has 3 rings (SSSR count). The van der Waals surface area contributed by atoms with E-state index in [1.807, 2.05) is 0 Å². The molecule has 0 radical (unpaired) electrons. The summed E-state index contributed by atoms with van der Waals surface area (Å²) in [4.78, 5) is -1.14. The second-order valence-corrected chi connectivity index (χ2v) is 8.51. The monoisotopic (exact) mass is 463 g/mol. The number of alkyl halides is 3. The molecule has 0 saturated heterocycles. The summed E-state index contributed by atoms with van der Waals surface area (Å²) in [6.07, 6.45) is -4.33. The van der Waals surface area contributed by atoms with Crippen LogP contribution < -0.4 is 4.74 Å². The maximum Gasteiger partial charge on any atom is 0.573 e. The lowest BCUT2D eigenvalue weighted by atomic mass is 9.98. The van der Waals surface area contributed by atoms with Crippen molar-refractivity contribution >= 4 is 9.84 Å². The van der Waals surface area contributed by atoms with Crippen molar-refractivity contribution < 1.29 is 44.7 Å². The van der Waals surface area contributed by atoms with Gasteiger partial charge in [0.05, 0.1) is 5.56 Å². The Morgan fingerprint density at radius 2 is 1.71 bits per heavy atom. The van der Waals surface area contributed by atoms with Gasteiger partial charge < -0.3 is 14.4 Å². The SMILES string of the molecule is Cc1ccc(-c2noc(CO)c2-c2cc(F)c(S(C)(=O)=O)c(F)c2)cc1OC(F)(F)F. The quantitative estimate of drug-likeness (QED) is 0.565. The third kappa shape index (κ3) is 4.69. The number of hydrogen-bond donors (Lipinski definition) is 1. The molecule has 0 fully saturated rings. The second kappa shape index (κ2) is 7.93. The van der Waals surface area contributed by atoms with Crippen LogP contribution in [0, 0.1) is 18.6 Å². The van der Waals surface area contributed by atoms with Gasteiger partial charge in [-0.25, -0.2) is 17.2 Å². The fourth-order valence-corrected chi connectivity index (χ4v) is 3.79. The van der Waals surface area contributed by atoms with E-state index in [0.29, 0.717) is 18.4 Å². The van der Waals surface area contributed by atoms with E-state index in [0.717, 1.165) is 6.07 Å². The number of rotatable bonds is 5. The van der Waals surface area contributed by atoms with E-state index in [2.05, 4.69) is 9.89 Å². The van der Waals surface area contributed by atoms with Crippen LogP contribution in [0.5, 0.6) is 5.75 Å². The van der Waals surface area contributed by atoms with Crippen LogP contribution in [0.15, 0.2) is 39.8 Å². The van der Waals surface area contributed by atoms with Crippen molar-refractivity contribution in [2.45, 2.75) is 24.8 Å². The number of benzene rings is 2. The van der Waals surface area contributed by atoms with E-state index in [-0.39, 0.29) is 33.7 Å². The Hall–Kier alpha value is -2.99. The van der Waals surface area contributed by atoms with Crippen molar-refractivity contribution in [3.8, 4) is 28.1 Å². The van der Waals surface area contributed by atoms with Gasteiger partial charge in [0, 0.05) is 11.8 Å². The predicted molar refractivity (Wildman–Crippen MR) is 97.7 cm³/mol. The Kier molecular flexibility index (Phi) is 5.80. The fraction of sp³-hybridized carbons (Fsp3) is 0.211. The van der Waals surface area contributed by atoms with E-state index >= 15 is 0 Å². The van der Waals surface area contributed by atoms with Gasteiger partial charge in [-0.2, -0.15) is 0 Å². The first-order valence-corrected chi connectivity index (χ1v) is 10.4. The minimum absolute atomic E-state index is 0.0382. The first-order chi connectivity index (χ1) is 14.3. The molecule has 6 nitrogen and oxygen atoms in total. The maximum absolute atomic E-state index is 14.4. The zero-order chi connectivity index (χ0) is 23.1. The lowest BCUT2D eigenvalue weighted by Crippen LogP contribution is -2.17. The third-order valence-corrected chi connectivity index (χ3v) is 5.38. The number of aliphatic hydroxyl groups is 1. The highest BCUT2D eigenvalue weighted by atomic mass is 32.2. The number of halogens is 5. The van der Waals surface area contributed by atoms with E-state index in [9.17, 15) is 35.5 Å². The molecule has 31 heavy (non-hydrogen) atoms. The first-order valence-electron chi connectivity index (χ1n) is 8.47. The van der Waals surface area contributed by atoms with E-state index in [1.54, 1.807) is 0 Å². The third-order valence-electron chi connectivity index (χ3n) is 4.25. The lowest BCUT2D eigenvalue weighted by molar-refractivity contribution is -0.274. The largest absolute Gasteiger partial charge is 0.573 e. The summed E-state index contributed by atoms with van der Waals surface area (Å²) < 4.78 is 98.9. The molecule has 0 aliphatic heterocycles. The number of aliphatic hydroxyl groups excluding tert-OH is 1. The minimum Gasteiger partial charge on any atom is -0.405 e. The van der Waals surface area contributed by atoms with Crippen LogP contribution in [0.3, 0.4) is 0 Å². The van der Waals surface area contributed by atoms with Crippen LogP contribution in [0.25, 0.3) is 22.4 Å². The van der Waals surface area contributed by atoms with Crippen LogP contribution in [-0.4, -0.2) is 31.3 Å². The summed E-state index contributed by atoms with van der Waals surface area (Å²) >= 11 is 0. The molecule has 2 aromatic carbocycles. The highest BCUT2D eigenvalue weighted by molar-refractivity contribution is 7.90. The van der Waals surface area contributed by atoms with Gasteiger partial charge in [0.15, 0.2) is 15.6 Å². The molecule has 166 valence electrons. The number of hydrogen-bond acceptors (Lipinski definition) is 6. The number of aryl methyl sites for hydroxylation is 1. The standard InChI is InChI=1S/C19H14F5NO5S/c1-9-3-4-10(7-14(9)29-19(22,23)24)17-16(15(8-26)30-25-17)11-5-12(20)18(13(21)6-11)31(2,27)28/h3-7,26H,8H2,1-2H3. The molecule has 0 aliphatic rings. The molecule has 1 N–H and O–H groups in total. The van der Waals surface area contributed by atoms with Gasteiger partial charge in [0.2, 0.25) is 0 Å². The number of nitrogens with zero attached hydrogens (tertiary/aromatic N) is 1. The van der Waals surface area contributed by atoms with Crippen molar-refractivity contribution in [1.82, 2.24) is 5.16 Å². The summed E-state index contributed by atoms with van der Waals surface area (Å²) in [6.45, 7) is 0.625. The van der Waals surface area contributed by atoms with Crippen molar-refractivity contribution in [1.29, 1.82) is 0 Å². The van der Waals surface area contributed by atoms with E-state index < -0.39 is 45.1 Å². The number of ether oxygens (including phenoxy) is 1. The minimum atomic E-state index is -4.96. The van der Waals surface area contributed by atoms with Crippen LogP contribution in [0.4, 0.5) is 22.0 Å². The van der Waals surface area contributed by atoms with Gasteiger partial charge in [-0.1, -0.05) is 17.3 Å². The molecule has 0 atom stereocenters. The van der Waals surface area contributed by atoms with Gasteiger partial charge in [-0.05, 0) is 36.2 Å². The summed E-state index contributed by atoms with van der Waals surface area (Å²) in [5.74, 6) is -3.55. The number of aromatic nitrogens is 1. The fourth-order valence-electron chi connectivity index (χ4n) is 2.97. The Bertz CT molecular complexity index is 1230. The van der Waals surface area contributed by atoms with Gasteiger partial charge in [0.25, 0.3) is 0 Å². The molecule has 0 unspecified atom stereocenters. The van der Waals surface area contributed by atoms with Crippen molar-refractivity contribution in [3.63, 3.8) is 0 Å². The summed E-state index contributed by atoms with van der Waals surface area (Å²) in [7, 11) is -4.22. The van der Waals surface area contributed by atoms with Gasteiger partial charge in [0.1, 0.15) is 34.6 Å². The molecule has 0 bridgehead atoms. The highest BCUT2D eigenvalue weighted by Gasteiger charge is 2.32. The smallest absolute Gasteiger partial charge is 0.405 e. The Labute approximate surface area is 172 Å². The first kappa shape index (κ1) is 22.7. The molecule has 0 amide bonds. The Morgan fingerprint density at radius 1 is 1.10 bits per heavy atom. The highest BCUT2D eigenvalue weighted by Crippen LogP contribution is 2.39. The predicted octanol–water partition coefficient (Wildman–Crippen LogP) is 4.39. The topological polar surface area (TPSA) is 89.6 Å². The molecule has 0 aliphatic carbocycles. The second-order valence-electron chi connectivity index (χ2n) is 6.56. The molecule has 3 aromatic rings. The van der Waals surface area contributed by atoms with Crippen LogP contribution in [-0.2, 0) is 16.4 Å². The van der Waals surface area contributed by atoms with Crippen molar-refractivity contribution in [2.24, 2.45) is 0 Å². The number of sulfone groups is 1. The summed E-state index contributed by atoms with van der Waals surface area (Å²) in [5, 5.41) is 13.2. The van der Waals surface area contributed by atoms with E-state index in [1.165, 1.54) is 19.1 Å². The van der Waals surface area contributed by atoms with Crippen LogP contribution in [0.1, 0.15) is 11.3 Å². The molecule has 12 heteroatoms. The lowest BCUT2D eigenvalue weighted by Gasteiger charge is -2.13. The van der Waals surface area contributed by atoms with Crippen molar-refractivity contribution in [2.75, 3.05) is 6.26 Å². The molecule has 1 heterocycles. The van der Waals surface area contributed by atoms with Crippen LogP contribution >= 0.6 is 0 Å². The maximum atomic E-state index is 14.4.